The number of amides is 4. The molecule has 0 aromatic heterocycles. The number of imide groups is 2. The van der Waals surface area contributed by atoms with E-state index in [1.807, 2.05) is 19.1 Å². The Kier molecular flexibility index (Phi) is 5.58. The number of hydrogen-bond acceptors (Lipinski definition) is 6. The molecule has 2 aliphatic carbocycles. The van der Waals surface area contributed by atoms with Crippen LogP contribution in [0.15, 0.2) is 58.6 Å². The molecule has 2 saturated heterocycles. The molecule has 2 heterocycles. The highest BCUT2D eigenvalue weighted by molar-refractivity contribution is 9.10. The fourth-order valence-electron chi connectivity index (χ4n) is 7.29. The lowest BCUT2D eigenvalue weighted by Crippen LogP contribution is -2.48. The number of anilines is 1. The number of phenols is 1. The van der Waals surface area contributed by atoms with Crippen molar-refractivity contribution in [2.45, 2.75) is 25.7 Å². The number of likely N-dealkylation sites (tertiary alicyclic amines) is 1. The van der Waals surface area contributed by atoms with E-state index in [0.29, 0.717) is 28.6 Å². The second-order valence-corrected chi connectivity index (χ2v) is 11.6. The number of halogens is 1. The van der Waals surface area contributed by atoms with Gasteiger partial charge in [0, 0.05) is 13.0 Å². The SMILES string of the molecule is COc1cc([C@H]2C3=CC[C@@H]4C(=O)N(C)C(=O)[C@@H]4[C@@H]3C[C@H]3C(=O)N(c4ccccc4)C(=O)[C@@]23C)cc(Br)c1O. The van der Waals surface area contributed by atoms with Gasteiger partial charge in [-0.25, -0.2) is 4.90 Å². The molecule has 1 N–H and O–H groups in total. The van der Waals surface area contributed by atoms with Crippen molar-refractivity contribution in [1.29, 1.82) is 0 Å². The second kappa shape index (κ2) is 8.53. The molecule has 6 rings (SSSR count). The third-order valence-corrected chi connectivity index (χ3v) is 9.72. The number of phenolic OH excluding ortho intramolecular Hbond substituents is 1. The van der Waals surface area contributed by atoms with Crippen molar-refractivity contribution in [3.8, 4) is 11.5 Å². The quantitative estimate of drug-likeness (QED) is 0.435. The smallest absolute Gasteiger partial charge is 0.241 e. The van der Waals surface area contributed by atoms with Crippen LogP contribution in [0.5, 0.6) is 11.5 Å². The first-order valence-corrected chi connectivity index (χ1v) is 13.4. The molecule has 9 heteroatoms. The fourth-order valence-corrected chi connectivity index (χ4v) is 7.75. The number of carbonyl (C=O) groups excluding carboxylic acids is 4. The van der Waals surface area contributed by atoms with Gasteiger partial charge >= 0.3 is 0 Å². The van der Waals surface area contributed by atoms with Crippen molar-refractivity contribution in [3.63, 3.8) is 0 Å². The molecular weight excluding hydrogens is 552 g/mol. The van der Waals surface area contributed by atoms with Gasteiger partial charge in [0.1, 0.15) is 0 Å². The Morgan fingerprint density at radius 1 is 1.03 bits per heavy atom. The van der Waals surface area contributed by atoms with E-state index in [1.54, 1.807) is 36.4 Å². The number of aromatic hydroxyl groups is 1. The molecule has 2 aromatic rings. The number of para-hydroxylation sites is 1. The largest absolute Gasteiger partial charge is 0.503 e. The highest BCUT2D eigenvalue weighted by atomic mass is 79.9. The number of benzene rings is 2. The maximum Gasteiger partial charge on any atom is 0.241 e. The summed E-state index contributed by atoms with van der Waals surface area (Å²) in [5.74, 6) is -3.57. The molecule has 196 valence electrons. The van der Waals surface area contributed by atoms with Gasteiger partial charge in [-0.1, -0.05) is 29.8 Å². The number of hydrogen-bond donors (Lipinski definition) is 1. The van der Waals surface area contributed by atoms with Gasteiger partial charge in [0.05, 0.1) is 40.4 Å². The van der Waals surface area contributed by atoms with Crippen molar-refractivity contribution in [3.05, 3.63) is 64.1 Å². The monoisotopic (exact) mass is 578 g/mol. The Labute approximate surface area is 228 Å². The number of rotatable bonds is 3. The topological polar surface area (TPSA) is 104 Å². The maximum atomic E-state index is 14.3. The Bertz CT molecular complexity index is 1440. The molecule has 8 nitrogen and oxygen atoms in total. The van der Waals surface area contributed by atoms with Crippen LogP contribution in [-0.2, 0) is 19.2 Å². The zero-order valence-corrected chi connectivity index (χ0v) is 22.8. The highest BCUT2D eigenvalue weighted by Crippen LogP contribution is 2.64. The van der Waals surface area contributed by atoms with Gasteiger partial charge in [-0.3, -0.25) is 24.1 Å². The van der Waals surface area contributed by atoms with E-state index in [1.165, 1.54) is 24.0 Å². The molecular formula is C29H27BrN2O6. The van der Waals surface area contributed by atoms with Crippen LogP contribution < -0.4 is 9.64 Å². The second-order valence-electron chi connectivity index (χ2n) is 10.8. The molecule has 1 saturated carbocycles. The van der Waals surface area contributed by atoms with Crippen molar-refractivity contribution >= 4 is 45.2 Å². The van der Waals surface area contributed by atoms with Crippen LogP contribution in [0.25, 0.3) is 0 Å². The van der Waals surface area contributed by atoms with Crippen LogP contribution in [-0.4, -0.2) is 47.8 Å². The van der Waals surface area contributed by atoms with E-state index in [0.717, 1.165) is 5.57 Å². The lowest BCUT2D eigenvalue weighted by Gasteiger charge is -2.49. The molecule has 0 bridgehead atoms. The molecule has 0 radical (unpaired) electrons. The Hall–Kier alpha value is -3.46. The zero-order chi connectivity index (χ0) is 27.1. The first kappa shape index (κ1) is 24.9. The number of allylic oxidation sites excluding steroid dienone is 2. The number of fused-ring (bicyclic) bond motifs is 4. The first-order chi connectivity index (χ1) is 18.1. The summed E-state index contributed by atoms with van der Waals surface area (Å²) in [6.45, 7) is 1.83. The van der Waals surface area contributed by atoms with Crippen LogP contribution in [0, 0.1) is 29.1 Å². The van der Waals surface area contributed by atoms with E-state index in [2.05, 4.69) is 15.9 Å². The Balaban J connectivity index is 1.57. The Morgan fingerprint density at radius 3 is 2.42 bits per heavy atom. The lowest BCUT2D eigenvalue weighted by atomic mass is 9.51. The summed E-state index contributed by atoms with van der Waals surface area (Å²) in [6, 6.07) is 12.3. The predicted molar refractivity (Wildman–Crippen MR) is 141 cm³/mol. The molecule has 0 unspecified atom stereocenters. The van der Waals surface area contributed by atoms with Crippen LogP contribution in [0.1, 0.15) is 31.2 Å². The molecule has 0 spiro atoms. The molecule has 3 fully saturated rings. The molecule has 2 aliphatic heterocycles. The lowest BCUT2D eigenvalue weighted by molar-refractivity contribution is -0.138. The predicted octanol–water partition coefficient (Wildman–Crippen LogP) is 4.02. The summed E-state index contributed by atoms with van der Waals surface area (Å²) in [7, 11) is 2.96. The van der Waals surface area contributed by atoms with Crippen LogP contribution in [0.4, 0.5) is 5.69 Å². The molecule has 2 aromatic carbocycles. The fraction of sp³-hybridized carbons (Fsp3) is 0.379. The summed E-state index contributed by atoms with van der Waals surface area (Å²) < 4.78 is 5.82. The van der Waals surface area contributed by atoms with Crippen LogP contribution in [0.3, 0.4) is 0 Å². The average molecular weight is 579 g/mol. The summed E-state index contributed by atoms with van der Waals surface area (Å²) in [6.07, 6.45) is 2.69. The van der Waals surface area contributed by atoms with Crippen molar-refractivity contribution < 1.29 is 29.0 Å². The zero-order valence-electron chi connectivity index (χ0n) is 21.2. The maximum absolute atomic E-state index is 14.3. The van der Waals surface area contributed by atoms with Gasteiger partial charge in [0.2, 0.25) is 23.6 Å². The first-order valence-electron chi connectivity index (χ1n) is 12.6. The summed E-state index contributed by atoms with van der Waals surface area (Å²) >= 11 is 3.41. The normalized spacial score (nSPS) is 32.2. The minimum Gasteiger partial charge on any atom is -0.503 e. The van der Waals surface area contributed by atoms with Gasteiger partial charge in [-0.2, -0.15) is 0 Å². The number of carbonyl (C=O) groups is 4. The number of nitrogens with zero attached hydrogens (tertiary/aromatic N) is 2. The van der Waals surface area contributed by atoms with Gasteiger partial charge in [-0.15, -0.1) is 0 Å². The van der Waals surface area contributed by atoms with Gasteiger partial charge < -0.3 is 9.84 Å². The van der Waals surface area contributed by atoms with Crippen LogP contribution >= 0.6 is 15.9 Å². The Morgan fingerprint density at radius 2 is 1.74 bits per heavy atom. The summed E-state index contributed by atoms with van der Waals surface area (Å²) in [5, 5.41) is 10.5. The standard InChI is InChI=1S/C29H27BrN2O6/c1-29-19(26(35)32(28(29)37)15-7-5-4-6-8-15)13-18-16(9-10-17-22(18)27(36)31(2)25(17)34)23(29)14-11-20(30)24(33)21(12-14)38-3/h4-9,11-12,17-19,22-23,33H,10,13H2,1-3H3/t17-,18+,19-,22-,23-,29+/m0/s1. The van der Waals surface area contributed by atoms with Gasteiger partial charge in [-0.05, 0) is 71.4 Å². The number of ether oxygens (including phenoxy) is 1. The van der Waals surface area contributed by atoms with E-state index in [4.69, 9.17) is 4.74 Å². The van der Waals surface area contributed by atoms with Crippen molar-refractivity contribution in [2.24, 2.45) is 29.1 Å². The van der Waals surface area contributed by atoms with Crippen molar-refractivity contribution in [2.75, 3.05) is 19.1 Å². The van der Waals surface area contributed by atoms with E-state index in [9.17, 15) is 24.3 Å². The number of methoxy groups -OCH3 is 1. The summed E-state index contributed by atoms with van der Waals surface area (Å²) in [5.41, 5.74) is 0.927. The minimum absolute atomic E-state index is 0.0686. The molecule has 4 aliphatic rings. The van der Waals surface area contributed by atoms with Crippen molar-refractivity contribution in [1.82, 2.24) is 4.90 Å². The molecule has 6 atom stereocenters. The third kappa shape index (κ3) is 3.14. The third-order valence-electron chi connectivity index (χ3n) is 9.11. The van der Waals surface area contributed by atoms with E-state index < -0.39 is 29.1 Å². The van der Waals surface area contributed by atoms with E-state index in [-0.39, 0.29) is 41.0 Å². The van der Waals surface area contributed by atoms with Crippen LogP contribution in [0.2, 0.25) is 0 Å². The molecule has 38 heavy (non-hydrogen) atoms. The van der Waals surface area contributed by atoms with E-state index >= 15 is 0 Å². The molecule has 4 amide bonds. The van der Waals surface area contributed by atoms with Gasteiger partial charge in [0.25, 0.3) is 0 Å². The minimum atomic E-state index is -1.15. The highest BCUT2D eigenvalue weighted by Gasteiger charge is 2.67. The van der Waals surface area contributed by atoms with Gasteiger partial charge in [0.15, 0.2) is 11.5 Å². The summed E-state index contributed by atoms with van der Waals surface area (Å²) in [4.78, 5) is 57.0. The average Bonchev–Trinajstić information content (AvgIpc) is 3.25.